The second-order valence-electron chi connectivity index (χ2n) is 9.18. The normalized spacial score (nSPS) is 19.5. The number of allylic oxidation sites excluding steroid dienone is 3. The van der Waals surface area contributed by atoms with Crippen molar-refractivity contribution in [2.24, 2.45) is 0 Å². The molecule has 0 radical (unpaired) electrons. The lowest BCUT2D eigenvalue weighted by Crippen LogP contribution is -2.45. The Labute approximate surface area is 202 Å². The van der Waals surface area contributed by atoms with Gasteiger partial charge in [-0.15, -0.1) is 0 Å². The molecule has 6 heteroatoms. The fourth-order valence-corrected chi connectivity index (χ4v) is 4.86. The molecule has 0 saturated carbocycles. The number of hydrogen-bond donors (Lipinski definition) is 1. The maximum absolute atomic E-state index is 12.8. The van der Waals surface area contributed by atoms with Crippen molar-refractivity contribution in [3.05, 3.63) is 76.6 Å². The van der Waals surface area contributed by atoms with E-state index in [0.717, 1.165) is 48.4 Å². The number of amides is 2. The summed E-state index contributed by atoms with van der Waals surface area (Å²) < 4.78 is 6.65. The van der Waals surface area contributed by atoms with Crippen LogP contribution in [0.5, 0.6) is 0 Å². The minimum atomic E-state index is -0.363. The third-order valence-corrected chi connectivity index (χ3v) is 7.03. The molecule has 2 amide bonds. The zero-order valence-corrected chi connectivity index (χ0v) is 20.7. The summed E-state index contributed by atoms with van der Waals surface area (Å²) >= 11 is 0. The Morgan fingerprint density at radius 1 is 1.06 bits per heavy atom. The molecule has 4 rings (SSSR count). The van der Waals surface area contributed by atoms with Crippen molar-refractivity contribution in [3.8, 4) is 0 Å². The summed E-state index contributed by atoms with van der Waals surface area (Å²) in [5, 5.41) is 2.73. The molecule has 0 atom stereocenters. The Bertz CT molecular complexity index is 1070. The number of likely N-dealkylation sites (N-methyl/N-ethyl adjacent to an activating group) is 1. The Hall–Kier alpha value is -3.12. The van der Waals surface area contributed by atoms with Crippen LogP contribution in [0.25, 0.3) is 5.57 Å². The maximum Gasteiger partial charge on any atom is 0.253 e. The van der Waals surface area contributed by atoms with Crippen molar-refractivity contribution in [3.63, 3.8) is 0 Å². The van der Waals surface area contributed by atoms with E-state index in [1.807, 2.05) is 55.2 Å². The predicted octanol–water partition coefficient (Wildman–Crippen LogP) is 3.93. The SMILES string of the molecule is CCN(CC)C(=O)c1ccc(C2=CC3(CCN(C)CC3)OC3=CCC=C(C(=O)NC)C=C32)cc1. The molecule has 3 aliphatic rings. The van der Waals surface area contributed by atoms with Crippen LogP contribution in [0.15, 0.2) is 65.5 Å². The van der Waals surface area contributed by atoms with Gasteiger partial charge in [0.05, 0.1) is 0 Å². The highest BCUT2D eigenvalue weighted by Crippen LogP contribution is 2.44. The van der Waals surface area contributed by atoms with Gasteiger partial charge < -0.3 is 19.9 Å². The lowest BCUT2D eigenvalue weighted by molar-refractivity contribution is -0.116. The summed E-state index contributed by atoms with van der Waals surface area (Å²) in [7, 11) is 3.79. The van der Waals surface area contributed by atoms with Gasteiger partial charge in [0.2, 0.25) is 0 Å². The Morgan fingerprint density at radius 3 is 2.35 bits per heavy atom. The van der Waals surface area contributed by atoms with Crippen molar-refractivity contribution in [2.75, 3.05) is 40.3 Å². The van der Waals surface area contributed by atoms with Crippen molar-refractivity contribution < 1.29 is 14.3 Å². The van der Waals surface area contributed by atoms with Gasteiger partial charge in [0.15, 0.2) is 0 Å². The molecule has 1 fully saturated rings. The van der Waals surface area contributed by atoms with Crippen LogP contribution in [0.3, 0.4) is 0 Å². The zero-order chi connectivity index (χ0) is 24.3. The van der Waals surface area contributed by atoms with Crippen LogP contribution in [0.4, 0.5) is 0 Å². The number of likely N-dealkylation sites (tertiary alicyclic amines) is 1. The lowest BCUT2D eigenvalue weighted by atomic mass is 9.81. The molecule has 1 aliphatic carbocycles. The van der Waals surface area contributed by atoms with E-state index in [1.165, 1.54) is 0 Å². The van der Waals surface area contributed by atoms with E-state index >= 15 is 0 Å². The number of nitrogens with zero attached hydrogens (tertiary/aromatic N) is 2. The van der Waals surface area contributed by atoms with E-state index in [0.29, 0.717) is 30.6 Å². The van der Waals surface area contributed by atoms with Gasteiger partial charge in [-0.05, 0) is 68.8 Å². The van der Waals surface area contributed by atoms with Crippen LogP contribution < -0.4 is 5.32 Å². The van der Waals surface area contributed by atoms with Crippen LogP contribution in [-0.4, -0.2) is 67.5 Å². The fourth-order valence-electron chi connectivity index (χ4n) is 4.86. The van der Waals surface area contributed by atoms with Gasteiger partial charge in [-0.2, -0.15) is 0 Å². The van der Waals surface area contributed by atoms with Crippen LogP contribution in [0.2, 0.25) is 0 Å². The Morgan fingerprint density at radius 2 is 1.74 bits per heavy atom. The molecule has 1 aromatic carbocycles. The monoisotopic (exact) mass is 461 g/mol. The Balaban J connectivity index is 1.77. The number of carbonyl (C=O) groups excluding carboxylic acids is 2. The number of carbonyl (C=O) groups is 2. The minimum absolute atomic E-state index is 0.0448. The molecular weight excluding hydrogens is 426 g/mol. The largest absolute Gasteiger partial charge is 0.483 e. The third-order valence-electron chi connectivity index (χ3n) is 7.03. The predicted molar refractivity (Wildman–Crippen MR) is 135 cm³/mol. The summed E-state index contributed by atoms with van der Waals surface area (Å²) in [6.07, 6.45) is 10.6. The zero-order valence-electron chi connectivity index (χ0n) is 20.7. The quantitative estimate of drug-likeness (QED) is 0.722. The molecule has 0 bridgehead atoms. The number of piperidine rings is 1. The molecule has 180 valence electrons. The van der Waals surface area contributed by atoms with E-state index in [4.69, 9.17) is 4.74 Å². The van der Waals surface area contributed by atoms with E-state index in [-0.39, 0.29) is 17.4 Å². The molecule has 6 nitrogen and oxygen atoms in total. The van der Waals surface area contributed by atoms with Gasteiger partial charge in [-0.1, -0.05) is 18.2 Å². The average Bonchev–Trinajstić information content (AvgIpc) is 3.08. The van der Waals surface area contributed by atoms with E-state index < -0.39 is 0 Å². The smallest absolute Gasteiger partial charge is 0.253 e. The van der Waals surface area contributed by atoms with Gasteiger partial charge in [0.1, 0.15) is 11.4 Å². The average molecular weight is 462 g/mol. The maximum atomic E-state index is 12.8. The molecule has 1 spiro atoms. The molecule has 0 aromatic heterocycles. The summed E-state index contributed by atoms with van der Waals surface area (Å²) in [4.78, 5) is 29.4. The number of fused-ring (bicyclic) bond motifs is 1. The second kappa shape index (κ2) is 10.0. The molecule has 1 aromatic rings. The van der Waals surface area contributed by atoms with Gasteiger partial charge in [-0.25, -0.2) is 0 Å². The number of nitrogens with one attached hydrogen (secondary N) is 1. The Kier molecular flexibility index (Phi) is 7.08. The number of ether oxygens (including phenoxy) is 1. The minimum Gasteiger partial charge on any atom is -0.483 e. The van der Waals surface area contributed by atoms with Crippen molar-refractivity contribution >= 4 is 17.4 Å². The van der Waals surface area contributed by atoms with Gasteiger partial charge in [0.25, 0.3) is 11.8 Å². The number of hydrogen-bond acceptors (Lipinski definition) is 4. The first-order valence-electron chi connectivity index (χ1n) is 12.2. The molecule has 2 heterocycles. The first kappa shape index (κ1) is 24.0. The molecule has 1 saturated heterocycles. The second-order valence-corrected chi connectivity index (χ2v) is 9.18. The van der Waals surface area contributed by atoms with Gasteiger partial charge in [-0.3, -0.25) is 9.59 Å². The molecular formula is C28H35N3O3. The van der Waals surface area contributed by atoms with Crippen LogP contribution in [-0.2, 0) is 9.53 Å². The number of rotatable bonds is 5. The van der Waals surface area contributed by atoms with Crippen LogP contribution >= 0.6 is 0 Å². The fraction of sp³-hybridized carbons (Fsp3) is 0.429. The highest BCUT2D eigenvalue weighted by Gasteiger charge is 2.40. The van der Waals surface area contributed by atoms with Crippen molar-refractivity contribution in [1.82, 2.24) is 15.1 Å². The van der Waals surface area contributed by atoms with Crippen LogP contribution in [0, 0.1) is 0 Å². The highest BCUT2D eigenvalue weighted by atomic mass is 16.5. The standard InChI is InChI=1S/C28H35N3O3/c1-5-31(6-2)27(33)21-12-10-20(11-13-21)24-19-28(14-16-30(4)17-15-28)34-25-9-7-8-22(18-23(24)25)26(32)29-3/h8-13,18-19H,5-7,14-17H2,1-4H3,(H,29,32). The van der Waals surface area contributed by atoms with E-state index in [9.17, 15) is 9.59 Å². The van der Waals surface area contributed by atoms with Gasteiger partial charge in [0, 0.05) is 62.8 Å². The first-order chi connectivity index (χ1) is 16.4. The molecule has 34 heavy (non-hydrogen) atoms. The molecule has 1 N–H and O–H groups in total. The summed E-state index contributed by atoms with van der Waals surface area (Å²) in [5.74, 6) is 0.769. The first-order valence-corrected chi connectivity index (χ1v) is 12.2. The van der Waals surface area contributed by atoms with Gasteiger partial charge >= 0.3 is 0 Å². The molecule has 2 aliphatic heterocycles. The molecule has 0 unspecified atom stereocenters. The number of benzene rings is 1. The summed E-state index contributed by atoms with van der Waals surface area (Å²) in [6, 6.07) is 7.85. The lowest BCUT2D eigenvalue weighted by Gasteiger charge is -2.43. The van der Waals surface area contributed by atoms with E-state index in [2.05, 4.69) is 29.4 Å². The topological polar surface area (TPSA) is 61.9 Å². The summed E-state index contributed by atoms with van der Waals surface area (Å²) in [5.41, 5.74) is 3.95. The van der Waals surface area contributed by atoms with Crippen molar-refractivity contribution in [2.45, 2.75) is 38.7 Å². The third kappa shape index (κ3) is 4.73. The highest BCUT2D eigenvalue weighted by molar-refractivity contribution is 5.99. The van der Waals surface area contributed by atoms with E-state index in [1.54, 1.807) is 7.05 Å². The van der Waals surface area contributed by atoms with Crippen molar-refractivity contribution in [1.29, 1.82) is 0 Å². The van der Waals surface area contributed by atoms with Crippen LogP contribution in [0.1, 0.15) is 49.0 Å². The summed E-state index contributed by atoms with van der Waals surface area (Å²) in [6.45, 7) is 7.30.